The van der Waals surface area contributed by atoms with E-state index in [0.717, 1.165) is 0 Å². The summed E-state index contributed by atoms with van der Waals surface area (Å²) in [6.45, 7) is 33.6. The normalized spacial score (nSPS) is 5.00. The second-order valence-corrected chi connectivity index (χ2v) is 2.36. The first-order chi connectivity index (χ1) is 9.57. The number of allylic oxidation sites excluding steroid dienone is 10. The van der Waals surface area contributed by atoms with Gasteiger partial charge in [0.05, 0.1) is 0 Å². The van der Waals surface area contributed by atoms with E-state index < -0.39 is 0 Å². The Labute approximate surface area is 127 Å². The summed E-state index contributed by atoms with van der Waals surface area (Å²) in [6.07, 6.45) is 16.4. The molecular weight excluding hydrogens is 240 g/mol. The fourth-order valence-electron chi connectivity index (χ4n) is 0. The van der Waals surface area contributed by atoms with Crippen LogP contribution in [0.15, 0.2) is 127 Å². The Morgan fingerprint density at radius 2 is 0.250 bits per heavy atom. The molecule has 20 heavy (non-hydrogen) atoms. The molecular formula is C20H30. The van der Waals surface area contributed by atoms with Gasteiger partial charge in [0.2, 0.25) is 0 Å². The molecule has 110 valence electrons. The molecule has 0 unspecified atom stereocenters. The van der Waals surface area contributed by atoms with Crippen LogP contribution >= 0.6 is 0 Å². The topological polar surface area (TPSA) is 0 Å². The highest BCUT2D eigenvalue weighted by Crippen LogP contribution is 1.54. The van der Waals surface area contributed by atoms with Crippen molar-refractivity contribution in [3.63, 3.8) is 0 Å². The van der Waals surface area contributed by atoms with E-state index >= 15 is 0 Å². The molecule has 0 saturated heterocycles. The average molecular weight is 270 g/mol. The Morgan fingerprint density at radius 3 is 0.250 bits per heavy atom. The van der Waals surface area contributed by atoms with Crippen LogP contribution in [0.4, 0.5) is 0 Å². The molecule has 0 N–H and O–H groups in total. The smallest absolute Gasteiger partial charge is 0.0701 e. The summed E-state index contributed by atoms with van der Waals surface area (Å²) in [7, 11) is 0. The Bertz CT molecular complexity index is 175. The van der Waals surface area contributed by atoms with E-state index in [9.17, 15) is 0 Å². The predicted molar refractivity (Wildman–Crippen MR) is 102 cm³/mol. The largest absolute Gasteiger partial charge is 0.0991 e. The van der Waals surface area contributed by atoms with Gasteiger partial charge in [0.15, 0.2) is 0 Å². The minimum absolute atomic E-state index is 1.64. The predicted octanol–water partition coefficient (Wildman–Crippen LogP) is 6.79. The zero-order chi connectivity index (χ0) is 17.1. The van der Waals surface area contributed by atoms with Crippen molar-refractivity contribution in [2.24, 2.45) is 0 Å². The molecule has 0 heterocycles. The molecule has 0 saturated carbocycles. The van der Waals surface area contributed by atoms with E-state index in [1.165, 1.54) is 0 Å². The van der Waals surface area contributed by atoms with Gasteiger partial charge in [-0.2, -0.15) is 0 Å². The minimum Gasteiger partial charge on any atom is -0.0991 e. The first-order valence-electron chi connectivity index (χ1n) is 5.75. The zero-order valence-electron chi connectivity index (χ0n) is 12.8. The summed E-state index contributed by atoms with van der Waals surface area (Å²) in [5.74, 6) is 0. The van der Waals surface area contributed by atoms with E-state index in [1.807, 2.05) is 0 Å². The van der Waals surface area contributed by atoms with Crippen molar-refractivity contribution in [1.29, 1.82) is 0 Å². The van der Waals surface area contributed by atoms with E-state index in [-0.39, 0.29) is 0 Å². The molecule has 0 aliphatic rings. The highest BCUT2D eigenvalue weighted by Gasteiger charge is 1.31. The molecule has 0 atom stereocenters. The second kappa shape index (κ2) is 71.0. The van der Waals surface area contributed by atoms with Crippen molar-refractivity contribution >= 4 is 0 Å². The fraction of sp³-hybridized carbons (Fsp3) is 0. The molecule has 0 rings (SSSR count). The van der Waals surface area contributed by atoms with Crippen molar-refractivity contribution in [1.82, 2.24) is 0 Å². The lowest BCUT2D eigenvalue weighted by molar-refractivity contribution is 2.15. The second-order valence-electron chi connectivity index (χ2n) is 2.36. The Morgan fingerprint density at radius 1 is 0.200 bits per heavy atom. The van der Waals surface area contributed by atoms with Crippen LogP contribution in [0.3, 0.4) is 0 Å². The summed E-state index contributed by atoms with van der Waals surface area (Å²) in [5.41, 5.74) is 0. The summed E-state index contributed by atoms with van der Waals surface area (Å²) in [6, 6.07) is 0. The zero-order valence-corrected chi connectivity index (χ0v) is 12.8. The molecule has 0 aromatic rings. The van der Waals surface area contributed by atoms with Crippen LogP contribution in [-0.4, -0.2) is 0 Å². The Kier molecular flexibility index (Phi) is 108. The standard InChI is InChI=1S/5C4H6/c5*1-3-4-2/h5*3-4H,1-2H2. The van der Waals surface area contributed by atoms with E-state index in [1.54, 1.807) is 60.8 Å². The van der Waals surface area contributed by atoms with E-state index in [2.05, 4.69) is 65.8 Å². The molecule has 0 bridgehead atoms. The first-order valence-corrected chi connectivity index (χ1v) is 5.75. The average Bonchev–Trinajstić information content (AvgIpc) is 2.55. The summed E-state index contributed by atoms with van der Waals surface area (Å²) >= 11 is 0. The van der Waals surface area contributed by atoms with Crippen molar-refractivity contribution in [3.05, 3.63) is 127 Å². The molecule has 0 aromatic heterocycles. The lowest BCUT2D eigenvalue weighted by atomic mass is 10.6. The van der Waals surface area contributed by atoms with Gasteiger partial charge in [0.1, 0.15) is 0 Å². The van der Waals surface area contributed by atoms with Gasteiger partial charge in [0.25, 0.3) is 0 Å². The highest BCUT2D eigenvalue weighted by atomic mass is 13.4. The van der Waals surface area contributed by atoms with Crippen molar-refractivity contribution in [2.75, 3.05) is 0 Å². The molecule has 0 aromatic carbocycles. The van der Waals surface area contributed by atoms with Crippen LogP contribution in [0.5, 0.6) is 0 Å². The van der Waals surface area contributed by atoms with Gasteiger partial charge in [-0.05, 0) is 0 Å². The highest BCUT2D eigenvalue weighted by molar-refractivity contribution is 4.89. The molecule has 0 fully saturated rings. The monoisotopic (exact) mass is 270 g/mol. The molecule has 0 nitrogen and oxygen atoms in total. The number of rotatable bonds is 5. The van der Waals surface area contributed by atoms with Crippen molar-refractivity contribution in [3.8, 4) is 0 Å². The summed E-state index contributed by atoms with van der Waals surface area (Å²) in [5, 5.41) is 0. The lowest BCUT2D eigenvalue weighted by Crippen LogP contribution is -1.21. The fourth-order valence-corrected chi connectivity index (χ4v) is 0. The maximum atomic E-state index is 3.36. The molecule has 0 radical (unpaired) electrons. The van der Waals surface area contributed by atoms with Crippen LogP contribution in [0.1, 0.15) is 0 Å². The van der Waals surface area contributed by atoms with E-state index in [0.29, 0.717) is 0 Å². The SMILES string of the molecule is C=CC=C.C=CC=C.C=CC=C.C=CC=C.C=CC=C. The van der Waals surface area contributed by atoms with Gasteiger partial charge in [-0.25, -0.2) is 0 Å². The number of hydrogen-bond acceptors (Lipinski definition) is 0. The number of hydrogen-bond donors (Lipinski definition) is 0. The molecule has 0 amide bonds. The quantitative estimate of drug-likeness (QED) is 0.482. The Hall–Kier alpha value is -2.60. The van der Waals surface area contributed by atoms with Gasteiger partial charge in [-0.1, -0.05) is 127 Å². The molecule has 0 spiro atoms. The first kappa shape index (κ1) is 30.4. The van der Waals surface area contributed by atoms with Crippen LogP contribution in [0, 0.1) is 0 Å². The van der Waals surface area contributed by atoms with Crippen LogP contribution in [0.2, 0.25) is 0 Å². The van der Waals surface area contributed by atoms with Gasteiger partial charge < -0.3 is 0 Å². The maximum absolute atomic E-state index is 3.36. The maximum Gasteiger partial charge on any atom is -0.0701 e. The van der Waals surface area contributed by atoms with E-state index in [4.69, 9.17) is 0 Å². The van der Waals surface area contributed by atoms with Crippen molar-refractivity contribution in [2.45, 2.75) is 0 Å². The van der Waals surface area contributed by atoms with Crippen LogP contribution < -0.4 is 0 Å². The van der Waals surface area contributed by atoms with Gasteiger partial charge in [-0.3, -0.25) is 0 Å². The lowest BCUT2D eigenvalue weighted by Gasteiger charge is -1.44. The molecule has 0 aliphatic carbocycles. The third-order valence-electron chi connectivity index (χ3n) is 0.833. The van der Waals surface area contributed by atoms with Crippen LogP contribution in [0.25, 0.3) is 0 Å². The van der Waals surface area contributed by atoms with Crippen molar-refractivity contribution < 1.29 is 0 Å². The Balaban J connectivity index is -0.0000000469. The summed E-state index contributed by atoms with van der Waals surface area (Å²) < 4.78 is 0. The minimum atomic E-state index is 1.64. The molecule has 0 heteroatoms. The van der Waals surface area contributed by atoms with Crippen LogP contribution in [-0.2, 0) is 0 Å². The summed E-state index contributed by atoms with van der Waals surface area (Å²) in [4.78, 5) is 0. The third-order valence-corrected chi connectivity index (χ3v) is 0.833. The van der Waals surface area contributed by atoms with Gasteiger partial charge >= 0.3 is 0 Å². The van der Waals surface area contributed by atoms with Gasteiger partial charge in [0, 0.05) is 0 Å². The molecule has 0 aliphatic heterocycles. The third kappa shape index (κ3) is 554. The van der Waals surface area contributed by atoms with Gasteiger partial charge in [-0.15, -0.1) is 0 Å².